The molecule has 2 rings (SSSR count). The zero-order valence-electron chi connectivity index (χ0n) is 10.3. The summed E-state index contributed by atoms with van der Waals surface area (Å²) in [5.41, 5.74) is 5.74. The Morgan fingerprint density at radius 3 is 2.25 bits per heavy atom. The molecular weight excluding hydrogens is 314 g/mol. The maximum atomic E-state index is 11.9. The number of primary amides is 1. The Balaban J connectivity index is 1.85. The van der Waals surface area contributed by atoms with Crippen LogP contribution in [0.1, 0.15) is 10.4 Å². The van der Waals surface area contributed by atoms with Gasteiger partial charge in [-0.1, -0.05) is 65.2 Å². The summed E-state index contributed by atoms with van der Waals surface area (Å²) in [7, 11) is 0. The molecule has 1 amide bonds. The van der Waals surface area contributed by atoms with E-state index in [2.05, 4.69) is 10.2 Å². The summed E-state index contributed by atoms with van der Waals surface area (Å²) in [6, 6.07) is 9.12. The van der Waals surface area contributed by atoms with Crippen LogP contribution in [-0.2, 0) is 4.79 Å². The summed E-state index contributed by atoms with van der Waals surface area (Å²) in [6.07, 6.45) is 0. The highest BCUT2D eigenvalue weighted by molar-refractivity contribution is 8.03. The zero-order chi connectivity index (χ0) is 14.4. The van der Waals surface area contributed by atoms with Crippen molar-refractivity contribution in [3.8, 4) is 0 Å². The number of nitrogens with zero attached hydrogens (tertiary/aromatic N) is 2. The highest BCUT2D eigenvalue weighted by Crippen LogP contribution is 2.28. The first-order chi connectivity index (χ1) is 9.65. The molecule has 0 aliphatic rings. The Bertz CT molecular complexity index is 601. The molecule has 2 N–H and O–H groups in total. The standard InChI is InChI=1S/C12H11N3O2S3/c13-10(17)7-19-12-15-14-11(20-12)18-6-9(16)8-4-2-1-3-5-8/h1-5H,6-7H2,(H2,13,17). The lowest BCUT2D eigenvalue weighted by molar-refractivity contribution is -0.115. The zero-order valence-corrected chi connectivity index (χ0v) is 12.8. The summed E-state index contributed by atoms with van der Waals surface area (Å²) in [6.45, 7) is 0. The van der Waals surface area contributed by atoms with E-state index in [-0.39, 0.29) is 11.5 Å². The lowest BCUT2D eigenvalue weighted by atomic mass is 10.2. The van der Waals surface area contributed by atoms with Gasteiger partial charge in [0, 0.05) is 5.56 Å². The van der Waals surface area contributed by atoms with Crippen LogP contribution in [0.2, 0.25) is 0 Å². The van der Waals surface area contributed by atoms with Crippen molar-refractivity contribution in [3.05, 3.63) is 35.9 Å². The van der Waals surface area contributed by atoms with Gasteiger partial charge in [0.1, 0.15) is 0 Å². The number of Topliss-reactive ketones (excluding diaryl/α,β-unsaturated/α-hetero) is 1. The van der Waals surface area contributed by atoms with Gasteiger partial charge in [0.2, 0.25) is 5.91 Å². The van der Waals surface area contributed by atoms with Crippen LogP contribution in [0.25, 0.3) is 0 Å². The highest BCUT2D eigenvalue weighted by atomic mass is 32.2. The van der Waals surface area contributed by atoms with Crippen molar-refractivity contribution in [1.29, 1.82) is 0 Å². The Hall–Kier alpha value is -1.38. The molecule has 0 aliphatic carbocycles. The van der Waals surface area contributed by atoms with Gasteiger partial charge in [-0.15, -0.1) is 10.2 Å². The van der Waals surface area contributed by atoms with E-state index >= 15 is 0 Å². The number of thioether (sulfide) groups is 2. The Kier molecular flexibility index (Phi) is 5.57. The molecule has 0 bridgehead atoms. The van der Waals surface area contributed by atoms with Crippen molar-refractivity contribution in [3.63, 3.8) is 0 Å². The lowest BCUT2D eigenvalue weighted by Gasteiger charge is -1.97. The van der Waals surface area contributed by atoms with Crippen molar-refractivity contribution < 1.29 is 9.59 Å². The maximum absolute atomic E-state index is 11.9. The van der Waals surface area contributed by atoms with Crippen molar-refractivity contribution in [1.82, 2.24) is 10.2 Å². The number of amides is 1. The van der Waals surface area contributed by atoms with Gasteiger partial charge in [0.05, 0.1) is 11.5 Å². The molecular formula is C12H11N3O2S3. The SMILES string of the molecule is NC(=O)CSc1nnc(SCC(=O)c2ccccc2)s1. The molecule has 0 saturated carbocycles. The average molecular weight is 325 g/mol. The van der Waals surface area contributed by atoms with Crippen LogP contribution in [-0.4, -0.2) is 33.4 Å². The molecule has 1 heterocycles. The van der Waals surface area contributed by atoms with E-state index in [1.165, 1.54) is 34.9 Å². The first kappa shape index (κ1) is 15.0. The number of hydrogen-bond acceptors (Lipinski definition) is 7. The smallest absolute Gasteiger partial charge is 0.227 e. The maximum Gasteiger partial charge on any atom is 0.227 e. The molecule has 0 saturated heterocycles. The summed E-state index contributed by atoms with van der Waals surface area (Å²) in [5.74, 6) is 0.164. The molecule has 20 heavy (non-hydrogen) atoms. The Morgan fingerprint density at radius 1 is 1.05 bits per heavy atom. The number of hydrogen-bond donors (Lipinski definition) is 1. The van der Waals surface area contributed by atoms with Gasteiger partial charge in [-0.25, -0.2) is 0 Å². The molecule has 0 spiro atoms. The second kappa shape index (κ2) is 7.41. The average Bonchev–Trinajstić information content (AvgIpc) is 2.91. The second-order valence-corrected chi connectivity index (χ2v) is 7.09. The van der Waals surface area contributed by atoms with Gasteiger partial charge in [-0.2, -0.15) is 0 Å². The number of benzene rings is 1. The molecule has 0 aliphatic heterocycles. The number of rotatable bonds is 7. The summed E-state index contributed by atoms with van der Waals surface area (Å²) >= 11 is 3.95. The highest BCUT2D eigenvalue weighted by Gasteiger charge is 2.10. The molecule has 2 aromatic rings. The minimum Gasteiger partial charge on any atom is -0.369 e. The van der Waals surface area contributed by atoms with Crippen LogP contribution in [0.15, 0.2) is 39.0 Å². The fourth-order valence-corrected chi connectivity index (χ4v) is 3.93. The van der Waals surface area contributed by atoms with Gasteiger partial charge in [0.15, 0.2) is 14.5 Å². The quantitative estimate of drug-likeness (QED) is 0.620. The number of ketones is 1. The molecule has 0 atom stereocenters. The van der Waals surface area contributed by atoms with E-state index < -0.39 is 5.91 Å². The van der Waals surface area contributed by atoms with Gasteiger partial charge in [0.25, 0.3) is 0 Å². The third-order valence-corrected chi connectivity index (χ3v) is 5.36. The second-order valence-electron chi connectivity index (χ2n) is 3.67. The Labute approximate surface area is 128 Å². The van der Waals surface area contributed by atoms with Gasteiger partial charge in [-0.3, -0.25) is 9.59 Å². The summed E-state index contributed by atoms with van der Waals surface area (Å²) < 4.78 is 1.39. The predicted molar refractivity (Wildman–Crippen MR) is 81.3 cm³/mol. The topological polar surface area (TPSA) is 85.9 Å². The molecule has 0 unspecified atom stereocenters. The van der Waals surface area contributed by atoms with E-state index in [1.807, 2.05) is 18.2 Å². The van der Waals surface area contributed by atoms with Crippen LogP contribution in [0, 0.1) is 0 Å². The van der Waals surface area contributed by atoms with E-state index in [9.17, 15) is 9.59 Å². The van der Waals surface area contributed by atoms with E-state index in [1.54, 1.807) is 12.1 Å². The lowest BCUT2D eigenvalue weighted by Crippen LogP contribution is -2.12. The van der Waals surface area contributed by atoms with E-state index in [0.717, 1.165) is 0 Å². The molecule has 1 aromatic carbocycles. The molecule has 5 nitrogen and oxygen atoms in total. The number of aromatic nitrogens is 2. The number of carbonyl (C=O) groups is 2. The first-order valence-electron chi connectivity index (χ1n) is 5.61. The molecule has 104 valence electrons. The van der Waals surface area contributed by atoms with Gasteiger partial charge < -0.3 is 5.73 Å². The number of nitrogens with two attached hydrogens (primary N) is 1. The number of carbonyl (C=O) groups excluding carboxylic acids is 2. The normalized spacial score (nSPS) is 10.4. The van der Waals surface area contributed by atoms with Crippen LogP contribution >= 0.6 is 34.9 Å². The fraction of sp³-hybridized carbons (Fsp3) is 0.167. The summed E-state index contributed by atoms with van der Waals surface area (Å²) in [4.78, 5) is 22.6. The van der Waals surface area contributed by atoms with Crippen molar-refractivity contribution in [2.24, 2.45) is 5.73 Å². The largest absolute Gasteiger partial charge is 0.369 e. The van der Waals surface area contributed by atoms with Crippen molar-refractivity contribution >= 4 is 46.6 Å². The minimum atomic E-state index is -0.390. The van der Waals surface area contributed by atoms with Crippen LogP contribution in [0.5, 0.6) is 0 Å². The van der Waals surface area contributed by atoms with E-state index in [4.69, 9.17) is 5.73 Å². The molecule has 8 heteroatoms. The summed E-state index contributed by atoms with van der Waals surface area (Å²) in [5, 5.41) is 7.90. The van der Waals surface area contributed by atoms with Crippen molar-refractivity contribution in [2.45, 2.75) is 8.68 Å². The van der Waals surface area contributed by atoms with Gasteiger partial charge in [-0.05, 0) is 0 Å². The van der Waals surface area contributed by atoms with Crippen molar-refractivity contribution in [2.75, 3.05) is 11.5 Å². The predicted octanol–water partition coefficient (Wildman–Crippen LogP) is 2.09. The fourth-order valence-electron chi connectivity index (χ4n) is 1.28. The Morgan fingerprint density at radius 2 is 1.65 bits per heavy atom. The third-order valence-electron chi connectivity index (χ3n) is 2.15. The van der Waals surface area contributed by atoms with Crippen LogP contribution < -0.4 is 5.73 Å². The molecule has 0 radical (unpaired) electrons. The van der Waals surface area contributed by atoms with Crippen LogP contribution in [0.4, 0.5) is 0 Å². The monoisotopic (exact) mass is 325 g/mol. The van der Waals surface area contributed by atoms with E-state index in [0.29, 0.717) is 20.0 Å². The molecule has 1 aromatic heterocycles. The molecule has 0 fully saturated rings. The minimum absolute atomic E-state index is 0.0529. The van der Waals surface area contributed by atoms with Gasteiger partial charge >= 0.3 is 0 Å². The first-order valence-corrected chi connectivity index (χ1v) is 8.39. The van der Waals surface area contributed by atoms with Crippen LogP contribution in [0.3, 0.4) is 0 Å². The third kappa shape index (κ3) is 4.62.